The second-order valence-corrected chi connectivity index (χ2v) is 6.17. The first-order chi connectivity index (χ1) is 9.72. The van der Waals surface area contributed by atoms with E-state index < -0.39 is 0 Å². The first-order valence-corrected chi connectivity index (χ1v) is 7.71. The Morgan fingerprint density at radius 3 is 3.15 bits per heavy atom. The van der Waals surface area contributed by atoms with Crippen LogP contribution in [0.4, 0.5) is 4.39 Å². The van der Waals surface area contributed by atoms with Gasteiger partial charge in [0.25, 0.3) is 0 Å². The number of rotatable bonds is 3. The minimum Gasteiger partial charge on any atom is -0.314 e. The smallest absolute Gasteiger partial charge is 0.123 e. The highest BCUT2D eigenvalue weighted by atomic mass is 32.1. The Morgan fingerprint density at radius 2 is 2.40 bits per heavy atom. The zero-order chi connectivity index (χ0) is 13.9. The monoisotopic (exact) mass is 291 g/mol. The van der Waals surface area contributed by atoms with Crippen molar-refractivity contribution in [3.8, 4) is 0 Å². The number of halogens is 1. The number of aryl methyl sites for hydroxylation is 1. The second-order valence-electron chi connectivity index (χ2n) is 5.10. The van der Waals surface area contributed by atoms with Gasteiger partial charge in [-0.25, -0.2) is 9.37 Å². The molecule has 1 fully saturated rings. The summed E-state index contributed by atoms with van der Waals surface area (Å²) < 4.78 is 13.4. The lowest BCUT2D eigenvalue weighted by Gasteiger charge is -2.36. The first-order valence-electron chi connectivity index (χ1n) is 6.83. The number of benzene rings is 1. The van der Waals surface area contributed by atoms with Crippen LogP contribution in [0.1, 0.15) is 22.3 Å². The number of hydrogen-bond acceptors (Lipinski definition) is 4. The number of aromatic nitrogens is 1. The molecule has 1 atom stereocenters. The number of nitrogens with zero attached hydrogens (tertiary/aromatic N) is 2. The topological polar surface area (TPSA) is 28.2 Å². The average Bonchev–Trinajstić information content (AvgIpc) is 2.85. The van der Waals surface area contributed by atoms with Crippen molar-refractivity contribution >= 4 is 11.3 Å². The third-order valence-corrected chi connectivity index (χ3v) is 4.44. The number of hydrogen-bond donors (Lipinski definition) is 1. The van der Waals surface area contributed by atoms with Gasteiger partial charge in [0.2, 0.25) is 0 Å². The van der Waals surface area contributed by atoms with Crippen molar-refractivity contribution in [2.24, 2.45) is 0 Å². The third-order valence-electron chi connectivity index (χ3n) is 3.62. The van der Waals surface area contributed by atoms with E-state index in [1.807, 2.05) is 13.0 Å². The number of thiazole rings is 1. The van der Waals surface area contributed by atoms with Crippen LogP contribution in [0.15, 0.2) is 29.6 Å². The molecule has 0 spiro atoms. The molecule has 106 valence electrons. The highest BCUT2D eigenvalue weighted by Crippen LogP contribution is 2.25. The van der Waals surface area contributed by atoms with E-state index in [9.17, 15) is 4.39 Å². The van der Waals surface area contributed by atoms with Crippen LogP contribution < -0.4 is 5.32 Å². The fourth-order valence-electron chi connectivity index (χ4n) is 2.67. The molecule has 1 unspecified atom stereocenters. The van der Waals surface area contributed by atoms with Crippen LogP contribution in [0, 0.1) is 12.7 Å². The summed E-state index contributed by atoms with van der Waals surface area (Å²) in [5, 5.41) is 6.60. The van der Waals surface area contributed by atoms with Crippen LogP contribution in [0.3, 0.4) is 0 Å². The van der Waals surface area contributed by atoms with E-state index in [2.05, 4.69) is 20.6 Å². The van der Waals surface area contributed by atoms with Gasteiger partial charge in [-0.3, -0.25) is 4.90 Å². The zero-order valence-corrected chi connectivity index (χ0v) is 12.3. The molecule has 1 aliphatic rings. The lowest BCUT2D eigenvalue weighted by atomic mass is 10.0. The summed E-state index contributed by atoms with van der Waals surface area (Å²) in [5.41, 5.74) is 2.14. The summed E-state index contributed by atoms with van der Waals surface area (Å²) in [5.74, 6) is -0.169. The van der Waals surface area contributed by atoms with Gasteiger partial charge in [0.15, 0.2) is 0 Å². The largest absolute Gasteiger partial charge is 0.314 e. The predicted octanol–water partition coefficient (Wildman–Crippen LogP) is 2.74. The highest BCUT2D eigenvalue weighted by molar-refractivity contribution is 7.09. The molecule has 0 radical (unpaired) electrons. The molecular formula is C15H18FN3S. The van der Waals surface area contributed by atoms with Gasteiger partial charge in [-0.1, -0.05) is 12.1 Å². The van der Waals surface area contributed by atoms with Crippen LogP contribution in [-0.4, -0.2) is 29.5 Å². The normalized spacial score (nSPS) is 20.2. The lowest BCUT2D eigenvalue weighted by Crippen LogP contribution is -2.45. The summed E-state index contributed by atoms with van der Waals surface area (Å²) in [7, 11) is 0. The maximum atomic E-state index is 13.4. The Kier molecular flexibility index (Phi) is 4.10. The molecule has 1 aromatic carbocycles. The molecule has 0 saturated carbocycles. The van der Waals surface area contributed by atoms with Gasteiger partial charge < -0.3 is 5.32 Å². The van der Waals surface area contributed by atoms with E-state index in [4.69, 9.17) is 0 Å². The Hall–Kier alpha value is -1.30. The van der Waals surface area contributed by atoms with Crippen LogP contribution in [0.2, 0.25) is 0 Å². The van der Waals surface area contributed by atoms with E-state index in [1.54, 1.807) is 23.5 Å². The van der Waals surface area contributed by atoms with Crippen molar-refractivity contribution in [2.75, 3.05) is 19.6 Å². The van der Waals surface area contributed by atoms with E-state index in [0.717, 1.165) is 42.4 Å². The molecule has 0 aliphatic carbocycles. The molecule has 5 heteroatoms. The Morgan fingerprint density at radius 1 is 1.50 bits per heavy atom. The zero-order valence-electron chi connectivity index (χ0n) is 11.5. The van der Waals surface area contributed by atoms with Gasteiger partial charge in [0.05, 0.1) is 10.7 Å². The lowest BCUT2D eigenvalue weighted by molar-refractivity contribution is 0.152. The van der Waals surface area contributed by atoms with Gasteiger partial charge in [-0.15, -0.1) is 11.3 Å². The molecule has 1 aromatic heterocycles. The van der Waals surface area contributed by atoms with Gasteiger partial charge in [-0.05, 0) is 24.6 Å². The number of nitrogens with one attached hydrogen (secondary N) is 1. The summed E-state index contributed by atoms with van der Waals surface area (Å²) in [4.78, 5) is 6.91. The van der Waals surface area contributed by atoms with Crippen LogP contribution in [0.25, 0.3) is 0 Å². The minimum atomic E-state index is -0.169. The van der Waals surface area contributed by atoms with Gasteiger partial charge >= 0.3 is 0 Å². The first kappa shape index (κ1) is 13.7. The number of piperazine rings is 1. The summed E-state index contributed by atoms with van der Waals surface area (Å²) in [6, 6.07) is 7.12. The summed E-state index contributed by atoms with van der Waals surface area (Å²) in [6.45, 7) is 5.63. The maximum Gasteiger partial charge on any atom is 0.123 e. The van der Waals surface area contributed by atoms with Crippen molar-refractivity contribution in [1.82, 2.24) is 15.2 Å². The molecule has 1 saturated heterocycles. The van der Waals surface area contributed by atoms with E-state index >= 15 is 0 Å². The fourth-order valence-corrected chi connectivity index (χ4v) is 3.27. The van der Waals surface area contributed by atoms with Crippen molar-refractivity contribution < 1.29 is 4.39 Å². The Balaban J connectivity index is 1.80. The molecule has 3 nitrogen and oxygen atoms in total. The molecule has 0 bridgehead atoms. The van der Waals surface area contributed by atoms with Crippen LogP contribution >= 0.6 is 11.3 Å². The van der Waals surface area contributed by atoms with E-state index in [-0.39, 0.29) is 11.9 Å². The predicted molar refractivity (Wildman–Crippen MR) is 79.3 cm³/mol. The molecular weight excluding hydrogens is 273 g/mol. The third kappa shape index (κ3) is 3.06. The van der Waals surface area contributed by atoms with Crippen molar-refractivity contribution in [3.05, 3.63) is 51.7 Å². The van der Waals surface area contributed by atoms with Crippen molar-refractivity contribution in [3.63, 3.8) is 0 Å². The SMILES string of the molecule is Cc1nc(CN2CCNCC2c2cccc(F)c2)cs1. The van der Waals surface area contributed by atoms with Crippen molar-refractivity contribution in [2.45, 2.75) is 19.5 Å². The Labute approximate surface area is 122 Å². The van der Waals surface area contributed by atoms with Gasteiger partial charge in [0.1, 0.15) is 5.82 Å². The molecule has 1 N–H and O–H groups in total. The molecule has 20 heavy (non-hydrogen) atoms. The standard InChI is InChI=1S/C15H18FN3S/c1-11-18-14(10-20-11)9-19-6-5-17-8-15(19)12-3-2-4-13(16)7-12/h2-4,7,10,15,17H,5-6,8-9H2,1H3. The average molecular weight is 291 g/mol. The van der Waals surface area contributed by atoms with E-state index in [0.29, 0.717) is 0 Å². The van der Waals surface area contributed by atoms with Crippen molar-refractivity contribution in [1.29, 1.82) is 0 Å². The van der Waals surface area contributed by atoms with Gasteiger partial charge in [0, 0.05) is 37.6 Å². The molecule has 1 aliphatic heterocycles. The van der Waals surface area contributed by atoms with Gasteiger partial charge in [-0.2, -0.15) is 0 Å². The molecule has 0 amide bonds. The highest BCUT2D eigenvalue weighted by Gasteiger charge is 2.24. The summed E-state index contributed by atoms with van der Waals surface area (Å²) in [6.07, 6.45) is 0. The molecule has 2 aromatic rings. The van der Waals surface area contributed by atoms with Crippen LogP contribution in [0.5, 0.6) is 0 Å². The molecule has 3 rings (SSSR count). The summed E-state index contributed by atoms with van der Waals surface area (Å²) >= 11 is 1.68. The molecule has 2 heterocycles. The maximum absolute atomic E-state index is 13.4. The van der Waals surface area contributed by atoms with E-state index in [1.165, 1.54) is 6.07 Å². The quantitative estimate of drug-likeness (QED) is 0.942. The Bertz CT molecular complexity index is 584. The second kappa shape index (κ2) is 5.99. The van der Waals surface area contributed by atoms with Crippen LogP contribution in [-0.2, 0) is 6.54 Å². The fraction of sp³-hybridized carbons (Fsp3) is 0.400. The minimum absolute atomic E-state index is 0.169.